The number of hydrogen-bond donors (Lipinski definition) is 2. The van der Waals surface area contributed by atoms with E-state index in [0.717, 1.165) is 44.6 Å². The van der Waals surface area contributed by atoms with Crippen LogP contribution >= 0.6 is 11.8 Å². The van der Waals surface area contributed by atoms with Gasteiger partial charge in [-0.2, -0.15) is 0 Å². The van der Waals surface area contributed by atoms with Crippen molar-refractivity contribution in [3.8, 4) is 0 Å². The maximum absolute atomic E-state index is 10.6. The van der Waals surface area contributed by atoms with Crippen molar-refractivity contribution in [2.45, 2.75) is 71.4 Å². The molecule has 3 aliphatic rings. The standard InChI is InChI=1S/C9H16N2O2.C9H16N2S.C3H6/c1-8(13)10-6-9-2-4-11(7-12)5-3-9;1-2-12-9-10-7-5-3-4-6-8(7)11-9;1-3-2/h7,9H,2-6H2,1H3,(H,10,13);7-8H,2-6H2,1H3,(H,10,11);3H,1H2,2H3. The van der Waals surface area contributed by atoms with E-state index in [4.69, 9.17) is 0 Å². The summed E-state index contributed by atoms with van der Waals surface area (Å²) < 4.78 is 0. The summed E-state index contributed by atoms with van der Waals surface area (Å²) in [5.41, 5.74) is 0. The summed E-state index contributed by atoms with van der Waals surface area (Å²) in [6.45, 7) is 11.4. The van der Waals surface area contributed by atoms with Crippen LogP contribution in [0.2, 0.25) is 0 Å². The van der Waals surface area contributed by atoms with Crippen molar-refractivity contribution in [2.75, 3.05) is 25.4 Å². The van der Waals surface area contributed by atoms with E-state index in [1.165, 1.54) is 37.8 Å². The van der Waals surface area contributed by atoms with Gasteiger partial charge in [0, 0.05) is 26.6 Å². The number of carbonyl (C=O) groups excluding carboxylic acids is 2. The van der Waals surface area contributed by atoms with E-state index in [1.807, 2.05) is 18.7 Å². The minimum absolute atomic E-state index is 0.0258. The van der Waals surface area contributed by atoms with Crippen LogP contribution in [-0.2, 0) is 9.59 Å². The first-order valence-electron chi connectivity index (χ1n) is 10.5. The molecule has 2 N–H and O–H groups in total. The summed E-state index contributed by atoms with van der Waals surface area (Å²) in [6.07, 6.45) is 10.0. The first-order chi connectivity index (χ1) is 13.5. The molecule has 28 heavy (non-hydrogen) atoms. The average molecular weight is 411 g/mol. The van der Waals surface area contributed by atoms with Crippen LogP contribution in [0.1, 0.15) is 59.3 Å². The van der Waals surface area contributed by atoms with E-state index in [2.05, 4.69) is 29.1 Å². The third-order valence-corrected chi connectivity index (χ3v) is 5.83. The van der Waals surface area contributed by atoms with Crippen LogP contribution in [-0.4, -0.2) is 59.9 Å². The first-order valence-corrected chi connectivity index (χ1v) is 11.5. The summed E-state index contributed by atoms with van der Waals surface area (Å²) in [6, 6.07) is 1.28. The van der Waals surface area contributed by atoms with Gasteiger partial charge in [0.2, 0.25) is 12.3 Å². The normalized spacial score (nSPS) is 23.5. The number of amides is 2. The molecule has 2 unspecified atom stereocenters. The van der Waals surface area contributed by atoms with Crippen molar-refractivity contribution in [3.63, 3.8) is 0 Å². The molecule has 0 bridgehead atoms. The maximum atomic E-state index is 10.6. The molecule has 1 saturated carbocycles. The van der Waals surface area contributed by atoms with Crippen molar-refractivity contribution < 1.29 is 9.59 Å². The highest BCUT2D eigenvalue weighted by Gasteiger charge is 2.30. The number of amidine groups is 1. The molecule has 2 fully saturated rings. The zero-order valence-corrected chi connectivity index (χ0v) is 18.6. The molecule has 0 spiro atoms. The lowest BCUT2D eigenvalue weighted by molar-refractivity contribution is -0.121. The predicted octanol–water partition coefficient (Wildman–Crippen LogP) is 3.19. The fourth-order valence-electron chi connectivity index (χ4n) is 3.55. The lowest BCUT2D eigenvalue weighted by atomic mass is 9.92. The molecule has 160 valence electrons. The number of hydrogen-bond acceptors (Lipinski definition) is 5. The van der Waals surface area contributed by atoms with Gasteiger partial charge in [0.15, 0.2) is 5.17 Å². The molecular formula is C21H38N4O2S. The Morgan fingerprint density at radius 1 is 1.32 bits per heavy atom. The van der Waals surface area contributed by atoms with E-state index in [1.54, 1.807) is 11.0 Å². The minimum Gasteiger partial charge on any atom is -0.360 e. The van der Waals surface area contributed by atoms with Gasteiger partial charge in [0.05, 0.1) is 12.1 Å². The summed E-state index contributed by atoms with van der Waals surface area (Å²) in [7, 11) is 0. The zero-order chi connectivity index (χ0) is 20.8. The van der Waals surface area contributed by atoms with Crippen LogP contribution < -0.4 is 10.6 Å². The average Bonchev–Trinajstić information content (AvgIpc) is 3.11. The smallest absolute Gasteiger partial charge is 0.216 e. The molecule has 2 amide bonds. The summed E-state index contributed by atoms with van der Waals surface area (Å²) in [5.74, 6) is 1.70. The fraction of sp³-hybridized carbons (Fsp3) is 0.762. The second-order valence-electron chi connectivity index (χ2n) is 7.40. The third kappa shape index (κ3) is 9.62. The van der Waals surface area contributed by atoms with Crippen molar-refractivity contribution in [3.05, 3.63) is 12.7 Å². The Balaban J connectivity index is 0.000000246. The second-order valence-corrected chi connectivity index (χ2v) is 8.65. The number of nitrogens with zero attached hydrogens (tertiary/aromatic N) is 2. The van der Waals surface area contributed by atoms with Gasteiger partial charge < -0.3 is 15.5 Å². The number of rotatable bonds is 4. The number of piperidine rings is 1. The minimum atomic E-state index is 0.0258. The van der Waals surface area contributed by atoms with E-state index < -0.39 is 0 Å². The van der Waals surface area contributed by atoms with Crippen LogP contribution in [0, 0.1) is 5.92 Å². The third-order valence-electron chi connectivity index (χ3n) is 5.04. The van der Waals surface area contributed by atoms with E-state index in [9.17, 15) is 9.59 Å². The molecule has 1 saturated heterocycles. The van der Waals surface area contributed by atoms with E-state index >= 15 is 0 Å². The molecule has 0 radical (unpaired) electrons. The van der Waals surface area contributed by atoms with E-state index in [0.29, 0.717) is 18.0 Å². The Hall–Kier alpha value is -1.50. The number of thioether (sulfide) groups is 1. The van der Waals surface area contributed by atoms with Crippen LogP contribution in [0.15, 0.2) is 17.6 Å². The molecule has 2 atom stereocenters. The summed E-state index contributed by atoms with van der Waals surface area (Å²) in [5, 5.41) is 7.50. The van der Waals surface area contributed by atoms with Crippen LogP contribution in [0.3, 0.4) is 0 Å². The topological polar surface area (TPSA) is 73.8 Å². The Labute approximate surface area is 175 Å². The van der Waals surface area contributed by atoms with Crippen molar-refractivity contribution >= 4 is 29.2 Å². The van der Waals surface area contributed by atoms with Gasteiger partial charge in [-0.3, -0.25) is 14.6 Å². The molecule has 0 aromatic rings. The largest absolute Gasteiger partial charge is 0.360 e. The second kappa shape index (κ2) is 14.5. The van der Waals surface area contributed by atoms with Crippen LogP contribution in [0.25, 0.3) is 0 Å². The highest BCUT2D eigenvalue weighted by Crippen LogP contribution is 2.26. The quantitative estimate of drug-likeness (QED) is 0.551. The number of likely N-dealkylation sites (tertiary alicyclic amines) is 1. The molecule has 2 aliphatic heterocycles. The summed E-state index contributed by atoms with van der Waals surface area (Å²) in [4.78, 5) is 27.5. The first kappa shape index (κ1) is 24.5. The van der Waals surface area contributed by atoms with Crippen molar-refractivity contribution in [1.29, 1.82) is 0 Å². The van der Waals surface area contributed by atoms with Gasteiger partial charge in [-0.1, -0.05) is 37.6 Å². The van der Waals surface area contributed by atoms with Gasteiger partial charge in [-0.25, -0.2) is 0 Å². The molecule has 1 aliphatic carbocycles. The molecule has 3 rings (SSSR count). The number of nitrogens with one attached hydrogen (secondary N) is 2. The van der Waals surface area contributed by atoms with Gasteiger partial charge in [0.1, 0.15) is 0 Å². The predicted molar refractivity (Wildman–Crippen MR) is 120 cm³/mol. The molecule has 7 heteroatoms. The monoisotopic (exact) mass is 410 g/mol. The lowest BCUT2D eigenvalue weighted by Crippen LogP contribution is -2.37. The molecular weight excluding hydrogens is 372 g/mol. The van der Waals surface area contributed by atoms with E-state index in [-0.39, 0.29) is 5.91 Å². The number of allylic oxidation sites excluding steroid dienone is 1. The fourth-order valence-corrected chi connectivity index (χ4v) is 4.26. The van der Waals surface area contributed by atoms with Gasteiger partial charge in [-0.15, -0.1) is 6.58 Å². The number of aliphatic imine (C=N–C) groups is 1. The van der Waals surface area contributed by atoms with Crippen molar-refractivity contribution in [2.24, 2.45) is 10.9 Å². The Morgan fingerprint density at radius 2 is 1.96 bits per heavy atom. The highest BCUT2D eigenvalue weighted by atomic mass is 32.2. The van der Waals surface area contributed by atoms with Crippen LogP contribution in [0.5, 0.6) is 0 Å². The zero-order valence-electron chi connectivity index (χ0n) is 17.8. The molecule has 0 aromatic heterocycles. The maximum Gasteiger partial charge on any atom is 0.216 e. The summed E-state index contributed by atoms with van der Waals surface area (Å²) >= 11 is 1.84. The lowest BCUT2D eigenvalue weighted by Gasteiger charge is -2.29. The number of carbonyl (C=O) groups is 2. The van der Waals surface area contributed by atoms with Gasteiger partial charge >= 0.3 is 0 Å². The Morgan fingerprint density at radius 3 is 2.50 bits per heavy atom. The molecule has 2 heterocycles. The highest BCUT2D eigenvalue weighted by molar-refractivity contribution is 8.13. The SMILES string of the molecule is C=CC.CC(=O)NCC1CCN(C=O)CC1.CCSC1=NC2CCCCC2N1. The van der Waals surface area contributed by atoms with Gasteiger partial charge in [-0.05, 0) is 44.3 Å². The molecule has 0 aromatic carbocycles. The molecule has 6 nitrogen and oxygen atoms in total. The Kier molecular flexibility index (Phi) is 12.7. The van der Waals surface area contributed by atoms with Crippen LogP contribution in [0.4, 0.5) is 0 Å². The van der Waals surface area contributed by atoms with Gasteiger partial charge in [0.25, 0.3) is 0 Å². The van der Waals surface area contributed by atoms with Crippen molar-refractivity contribution in [1.82, 2.24) is 15.5 Å². The Bertz CT molecular complexity index is 505. The number of fused-ring (bicyclic) bond motifs is 1.